The molecule has 4 heterocycles. The van der Waals surface area contributed by atoms with E-state index in [1.54, 1.807) is 0 Å². The van der Waals surface area contributed by atoms with Crippen molar-refractivity contribution in [1.29, 1.82) is 0 Å². The zero-order valence-electron chi connectivity index (χ0n) is 20.6. The Kier molecular flexibility index (Phi) is 4.86. The van der Waals surface area contributed by atoms with Crippen molar-refractivity contribution in [2.24, 2.45) is 11.3 Å². The number of aryl methyl sites for hydroxylation is 2. The fourth-order valence-corrected chi connectivity index (χ4v) is 6.75. The van der Waals surface area contributed by atoms with Gasteiger partial charge >= 0.3 is 6.18 Å². The highest BCUT2D eigenvalue weighted by Gasteiger charge is 2.69. The summed E-state index contributed by atoms with van der Waals surface area (Å²) < 4.78 is 49.8. The maximum Gasteiger partial charge on any atom is 0.394 e. The Labute approximate surface area is 207 Å². The molecule has 8 rings (SSSR count). The summed E-state index contributed by atoms with van der Waals surface area (Å²) in [4.78, 5) is 14.7. The van der Waals surface area contributed by atoms with Gasteiger partial charge < -0.3 is 4.74 Å². The highest BCUT2D eigenvalue weighted by atomic mass is 19.4. The molecule has 0 amide bonds. The van der Waals surface area contributed by atoms with Gasteiger partial charge in [0.05, 0.1) is 46.4 Å². The molecule has 0 radical (unpaired) electrons. The monoisotopic (exact) mass is 497 g/mol. The third-order valence-corrected chi connectivity index (χ3v) is 9.17. The molecule has 0 spiro atoms. The van der Waals surface area contributed by atoms with Crippen molar-refractivity contribution in [1.82, 2.24) is 24.7 Å². The van der Waals surface area contributed by atoms with Crippen LogP contribution in [0.15, 0.2) is 18.5 Å². The van der Waals surface area contributed by atoms with Gasteiger partial charge in [0, 0.05) is 35.9 Å². The lowest BCUT2D eigenvalue weighted by Crippen LogP contribution is -2.42. The second-order valence-corrected chi connectivity index (χ2v) is 11.5. The van der Waals surface area contributed by atoms with E-state index in [1.807, 2.05) is 30.8 Å². The van der Waals surface area contributed by atoms with Gasteiger partial charge in [-0.05, 0) is 70.8 Å². The summed E-state index contributed by atoms with van der Waals surface area (Å²) in [6, 6.07) is 2.53. The number of halogens is 3. The highest BCUT2D eigenvalue weighted by molar-refractivity contribution is 5.78. The number of alkyl halides is 3. The Morgan fingerprint density at radius 2 is 1.81 bits per heavy atom. The molecule has 3 aromatic rings. The van der Waals surface area contributed by atoms with Crippen LogP contribution in [-0.2, 0) is 4.74 Å². The number of nitrogens with zero attached hydrogens (tertiary/aromatic N) is 5. The average molecular weight is 498 g/mol. The Balaban J connectivity index is 1.25. The molecule has 0 unspecified atom stereocenters. The van der Waals surface area contributed by atoms with Crippen molar-refractivity contribution in [3.05, 3.63) is 46.8 Å². The quantitative estimate of drug-likeness (QED) is 0.426. The Hall–Kier alpha value is -2.55. The van der Waals surface area contributed by atoms with Crippen LogP contribution in [0.2, 0.25) is 0 Å². The number of aromatic nitrogens is 5. The van der Waals surface area contributed by atoms with Crippen LogP contribution >= 0.6 is 0 Å². The van der Waals surface area contributed by atoms with E-state index in [-0.39, 0.29) is 43.1 Å². The van der Waals surface area contributed by atoms with E-state index in [2.05, 4.69) is 11.3 Å². The molecule has 1 aliphatic heterocycles. The molecule has 4 aliphatic carbocycles. The number of fused-ring (bicyclic) bond motifs is 2. The summed E-state index contributed by atoms with van der Waals surface area (Å²) in [5.74, 6) is -0.0675. The maximum atomic E-state index is 13.9. The van der Waals surface area contributed by atoms with E-state index in [1.165, 1.54) is 12.8 Å². The van der Waals surface area contributed by atoms with Crippen molar-refractivity contribution < 1.29 is 17.9 Å². The SMILES string of the molecule is Cc1nc2cc([C@H]3CCO[C@H](c4cnn(C5CC5)c4)C3)nc([C@@H]3CC4(C(F)(F)F)CC3C4)c2nc1C. The minimum Gasteiger partial charge on any atom is -0.373 e. The molecule has 36 heavy (non-hydrogen) atoms. The standard InChI is InChI=1S/C27H30F3N5O/c1-14-15(2)33-25-22(32-14)8-21(34-24(25)20-11-26(27(28,29)30)9-17(20)10-26)16-5-6-36-23(7-16)18-12-31-35(13-18)19-3-4-19/h8,12-13,16-17,19-20,23H,3-7,9-11H2,1-2H3/t16-,17?,20+,23-,26?/m0/s1. The van der Waals surface area contributed by atoms with Crippen molar-refractivity contribution >= 4 is 11.0 Å². The molecule has 5 aliphatic rings. The van der Waals surface area contributed by atoms with E-state index < -0.39 is 11.6 Å². The topological polar surface area (TPSA) is 65.7 Å². The molecule has 2 bridgehead atoms. The largest absolute Gasteiger partial charge is 0.394 e. The van der Waals surface area contributed by atoms with Gasteiger partial charge in [0.2, 0.25) is 0 Å². The average Bonchev–Trinajstić information content (AvgIpc) is 3.26. The lowest BCUT2D eigenvalue weighted by molar-refractivity contribution is -0.244. The first-order valence-electron chi connectivity index (χ1n) is 13.1. The Bertz CT molecular complexity index is 1340. The molecule has 4 saturated carbocycles. The van der Waals surface area contributed by atoms with Gasteiger partial charge in [-0.1, -0.05) is 0 Å². The predicted molar refractivity (Wildman–Crippen MR) is 127 cm³/mol. The van der Waals surface area contributed by atoms with Gasteiger partial charge in [0.25, 0.3) is 0 Å². The molecule has 3 aromatic heterocycles. The van der Waals surface area contributed by atoms with Crippen LogP contribution in [0, 0.1) is 25.2 Å². The molecular weight excluding hydrogens is 467 g/mol. The summed E-state index contributed by atoms with van der Waals surface area (Å²) in [6.45, 7) is 4.44. The van der Waals surface area contributed by atoms with Gasteiger partial charge in [-0.3, -0.25) is 9.67 Å². The van der Waals surface area contributed by atoms with Crippen LogP contribution in [0.25, 0.3) is 11.0 Å². The predicted octanol–water partition coefficient (Wildman–Crippen LogP) is 6.25. The first-order chi connectivity index (χ1) is 17.2. The number of hydrogen-bond donors (Lipinski definition) is 0. The number of rotatable bonds is 4. The highest BCUT2D eigenvalue weighted by Crippen LogP contribution is 2.70. The van der Waals surface area contributed by atoms with E-state index in [4.69, 9.17) is 19.7 Å². The molecule has 0 N–H and O–H groups in total. The first kappa shape index (κ1) is 22.6. The fourth-order valence-electron chi connectivity index (χ4n) is 6.75. The van der Waals surface area contributed by atoms with Gasteiger partial charge in [-0.2, -0.15) is 18.3 Å². The molecule has 0 aromatic carbocycles. The van der Waals surface area contributed by atoms with Crippen LogP contribution in [0.3, 0.4) is 0 Å². The normalized spacial score (nSPS) is 32.1. The zero-order chi connectivity index (χ0) is 24.8. The lowest BCUT2D eigenvalue weighted by atomic mass is 9.68. The van der Waals surface area contributed by atoms with Crippen molar-refractivity contribution in [3.63, 3.8) is 0 Å². The third-order valence-electron chi connectivity index (χ3n) is 9.17. The minimum atomic E-state index is -4.16. The van der Waals surface area contributed by atoms with Crippen LogP contribution in [0.5, 0.6) is 0 Å². The summed E-state index contributed by atoms with van der Waals surface area (Å²) in [5.41, 5.74) is 4.21. The molecule has 3 atom stereocenters. The summed E-state index contributed by atoms with van der Waals surface area (Å²) >= 11 is 0. The molecule has 1 saturated heterocycles. The van der Waals surface area contributed by atoms with Crippen molar-refractivity contribution in [3.8, 4) is 0 Å². The van der Waals surface area contributed by atoms with E-state index in [0.29, 0.717) is 18.2 Å². The smallest absolute Gasteiger partial charge is 0.373 e. The fraction of sp³-hybridized carbons (Fsp3) is 0.630. The van der Waals surface area contributed by atoms with Gasteiger partial charge in [-0.15, -0.1) is 0 Å². The van der Waals surface area contributed by atoms with E-state index >= 15 is 0 Å². The third kappa shape index (κ3) is 3.49. The number of hydrogen-bond acceptors (Lipinski definition) is 5. The van der Waals surface area contributed by atoms with Crippen LogP contribution in [0.4, 0.5) is 13.2 Å². The van der Waals surface area contributed by atoms with Gasteiger partial charge in [0.15, 0.2) is 0 Å². The zero-order valence-corrected chi connectivity index (χ0v) is 20.6. The van der Waals surface area contributed by atoms with Crippen LogP contribution < -0.4 is 0 Å². The minimum absolute atomic E-state index is 0.0108. The second-order valence-electron chi connectivity index (χ2n) is 11.5. The first-order valence-corrected chi connectivity index (χ1v) is 13.1. The van der Waals surface area contributed by atoms with E-state index in [0.717, 1.165) is 46.7 Å². The van der Waals surface area contributed by atoms with Crippen LogP contribution in [0.1, 0.15) is 97.3 Å². The molecule has 5 fully saturated rings. The van der Waals surface area contributed by atoms with Crippen molar-refractivity contribution in [2.75, 3.05) is 6.61 Å². The molecule has 190 valence electrons. The number of pyridine rings is 1. The maximum absolute atomic E-state index is 13.9. The number of ether oxygens (including phenoxy) is 1. The lowest BCUT2D eigenvalue weighted by Gasteiger charge is -2.39. The van der Waals surface area contributed by atoms with Crippen LogP contribution in [-0.4, -0.2) is 37.5 Å². The molecular formula is C27H30F3N5O. The van der Waals surface area contributed by atoms with Gasteiger partial charge in [0.1, 0.15) is 5.52 Å². The summed E-state index contributed by atoms with van der Waals surface area (Å²) in [6.07, 6.45) is 4.25. The Morgan fingerprint density at radius 3 is 2.53 bits per heavy atom. The molecule has 9 heteroatoms. The summed E-state index contributed by atoms with van der Waals surface area (Å²) in [5, 5.41) is 4.53. The van der Waals surface area contributed by atoms with Crippen molar-refractivity contribution in [2.45, 2.75) is 89.0 Å². The van der Waals surface area contributed by atoms with E-state index in [9.17, 15) is 13.2 Å². The molecule has 6 nitrogen and oxygen atoms in total. The van der Waals surface area contributed by atoms with Gasteiger partial charge in [-0.25, -0.2) is 9.97 Å². The second kappa shape index (κ2) is 7.73. The summed E-state index contributed by atoms with van der Waals surface area (Å²) in [7, 11) is 0. The Morgan fingerprint density at radius 1 is 1.03 bits per heavy atom.